The van der Waals surface area contributed by atoms with E-state index in [1.54, 1.807) is 6.26 Å². The molecule has 0 atom stereocenters. The Bertz CT molecular complexity index is 934. The third-order valence-electron chi connectivity index (χ3n) is 5.52. The molecule has 3 aromatic rings. The minimum Gasteiger partial charge on any atom is -0.467 e. The number of carbonyl (C=O) groups is 1. The predicted molar refractivity (Wildman–Crippen MR) is 106 cm³/mol. The lowest BCUT2D eigenvalue weighted by Crippen LogP contribution is -2.26. The lowest BCUT2D eigenvalue weighted by Gasteiger charge is -2.17. The summed E-state index contributed by atoms with van der Waals surface area (Å²) in [5.74, 6) is 0.743. The van der Waals surface area contributed by atoms with Gasteiger partial charge in [-0.2, -0.15) is 0 Å². The van der Waals surface area contributed by atoms with Crippen molar-refractivity contribution in [3.8, 4) is 0 Å². The molecular formula is C23H26N2O2. The highest BCUT2D eigenvalue weighted by Gasteiger charge is 2.26. The quantitative estimate of drug-likeness (QED) is 0.723. The summed E-state index contributed by atoms with van der Waals surface area (Å²) in [5.41, 5.74) is 7.12. The largest absolute Gasteiger partial charge is 0.467 e. The molecule has 1 aliphatic carbocycles. The Hall–Kier alpha value is -2.75. The Morgan fingerprint density at radius 1 is 1.11 bits per heavy atom. The first-order valence-electron chi connectivity index (χ1n) is 9.70. The minimum atomic E-state index is -0.0228. The number of aromatic nitrogens is 1. The number of amides is 1. The van der Waals surface area contributed by atoms with Gasteiger partial charge in [0.05, 0.1) is 12.8 Å². The van der Waals surface area contributed by atoms with Crippen LogP contribution in [0.5, 0.6) is 0 Å². The van der Waals surface area contributed by atoms with Crippen molar-refractivity contribution < 1.29 is 9.21 Å². The van der Waals surface area contributed by atoms with Crippen LogP contribution in [-0.4, -0.2) is 10.5 Å². The van der Waals surface area contributed by atoms with Crippen molar-refractivity contribution in [1.82, 2.24) is 9.88 Å². The molecule has 4 rings (SSSR count). The van der Waals surface area contributed by atoms with Gasteiger partial charge in [-0.1, -0.05) is 29.8 Å². The molecule has 4 heteroatoms. The molecule has 1 amide bonds. The predicted octanol–water partition coefficient (Wildman–Crippen LogP) is 4.56. The van der Waals surface area contributed by atoms with Crippen LogP contribution in [0.15, 0.2) is 47.1 Å². The van der Waals surface area contributed by atoms with Gasteiger partial charge < -0.3 is 14.3 Å². The van der Waals surface area contributed by atoms with E-state index in [0.717, 1.165) is 36.4 Å². The maximum absolute atomic E-state index is 13.1. The fourth-order valence-electron chi connectivity index (χ4n) is 4.08. The van der Waals surface area contributed by atoms with E-state index in [1.165, 1.54) is 35.2 Å². The van der Waals surface area contributed by atoms with Crippen molar-refractivity contribution in [1.29, 1.82) is 0 Å². The van der Waals surface area contributed by atoms with Crippen molar-refractivity contribution in [2.45, 2.75) is 52.6 Å². The van der Waals surface area contributed by atoms with Gasteiger partial charge in [0.1, 0.15) is 11.5 Å². The van der Waals surface area contributed by atoms with E-state index >= 15 is 0 Å². The summed E-state index contributed by atoms with van der Waals surface area (Å²) >= 11 is 0. The van der Waals surface area contributed by atoms with Crippen LogP contribution in [0.3, 0.4) is 0 Å². The number of rotatable bonds is 5. The number of benzene rings is 1. The molecule has 0 aliphatic heterocycles. The van der Waals surface area contributed by atoms with E-state index in [9.17, 15) is 4.79 Å². The van der Waals surface area contributed by atoms with E-state index in [4.69, 9.17) is 4.42 Å². The molecule has 0 saturated carbocycles. The first-order chi connectivity index (χ1) is 13.1. The summed E-state index contributed by atoms with van der Waals surface area (Å²) in [5, 5.41) is 3.03. The van der Waals surface area contributed by atoms with Crippen LogP contribution in [0.2, 0.25) is 0 Å². The van der Waals surface area contributed by atoms with Crippen molar-refractivity contribution in [2.75, 3.05) is 0 Å². The Kier molecular flexibility index (Phi) is 4.88. The number of aryl methyl sites for hydroxylation is 1. The molecular weight excluding hydrogens is 336 g/mol. The Balaban J connectivity index is 1.67. The van der Waals surface area contributed by atoms with Crippen LogP contribution in [0.4, 0.5) is 0 Å². The standard InChI is InChI=1S/C23H26N2O2/c1-16-9-11-18(12-10-16)15-25-21-8-4-3-7-20(21)17(2)22(25)23(26)24-14-19-6-5-13-27-19/h5-6,9-13H,3-4,7-8,14-15H2,1-2H3,(H,24,26). The maximum atomic E-state index is 13.1. The normalized spacial score (nSPS) is 13.4. The Morgan fingerprint density at radius 3 is 2.63 bits per heavy atom. The summed E-state index contributed by atoms with van der Waals surface area (Å²) in [6, 6.07) is 12.3. The van der Waals surface area contributed by atoms with Crippen LogP contribution >= 0.6 is 0 Å². The highest BCUT2D eigenvalue weighted by Crippen LogP contribution is 2.30. The van der Waals surface area contributed by atoms with Gasteiger partial charge >= 0.3 is 0 Å². The number of hydrogen-bond acceptors (Lipinski definition) is 2. The van der Waals surface area contributed by atoms with Crippen LogP contribution in [0.25, 0.3) is 0 Å². The highest BCUT2D eigenvalue weighted by atomic mass is 16.3. The minimum absolute atomic E-state index is 0.0228. The second-order valence-electron chi connectivity index (χ2n) is 7.44. The van der Waals surface area contributed by atoms with E-state index in [0.29, 0.717) is 6.54 Å². The summed E-state index contributed by atoms with van der Waals surface area (Å²) < 4.78 is 7.59. The molecule has 4 nitrogen and oxygen atoms in total. The van der Waals surface area contributed by atoms with Gasteiger partial charge in [0.2, 0.25) is 0 Å². The molecule has 0 spiro atoms. The average molecular weight is 362 g/mol. The highest BCUT2D eigenvalue weighted by molar-refractivity contribution is 5.95. The zero-order chi connectivity index (χ0) is 18.8. The van der Waals surface area contributed by atoms with Gasteiger partial charge in [-0.05, 0) is 68.4 Å². The zero-order valence-corrected chi connectivity index (χ0v) is 16.0. The number of nitrogens with one attached hydrogen (secondary N) is 1. The van der Waals surface area contributed by atoms with Gasteiger partial charge in [0, 0.05) is 12.2 Å². The van der Waals surface area contributed by atoms with Crippen molar-refractivity contribution in [3.05, 3.63) is 82.1 Å². The van der Waals surface area contributed by atoms with Crippen molar-refractivity contribution in [2.24, 2.45) is 0 Å². The van der Waals surface area contributed by atoms with Gasteiger partial charge in [-0.15, -0.1) is 0 Å². The number of fused-ring (bicyclic) bond motifs is 1. The molecule has 1 N–H and O–H groups in total. The number of hydrogen-bond donors (Lipinski definition) is 1. The fourth-order valence-corrected chi connectivity index (χ4v) is 4.08. The third kappa shape index (κ3) is 3.57. The third-order valence-corrected chi connectivity index (χ3v) is 5.52. The van der Waals surface area contributed by atoms with E-state index in [1.807, 2.05) is 12.1 Å². The van der Waals surface area contributed by atoms with Gasteiger partial charge in [0.25, 0.3) is 5.91 Å². The first-order valence-corrected chi connectivity index (χ1v) is 9.70. The van der Waals surface area contributed by atoms with E-state index in [2.05, 4.69) is 48.0 Å². The summed E-state index contributed by atoms with van der Waals surface area (Å²) in [6.45, 7) is 5.34. The summed E-state index contributed by atoms with van der Waals surface area (Å²) in [7, 11) is 0. The van der Waals surface area contributed by atoms with Crippen LogP contribution in [-0.2, 0) is 25.9 Å². The monoisotopic (exact) mass is 362 g/mol. The van der Waals surface area contributed by atoms with E-state index < -0.39 is 0 Å². The molecule has 1 aliphatic rings. The summed E-state index contributed by atoms with van der Waals surface area (Å²) in [4.78, 5) is 13.1. The number of nitrogens with zero attached hydrogens (tertiary/aromatic N) is 1. The lowest BCUT2D eigenvalue weighted by molar-refractivity contribution is 0.0938. The molecule has 0 unspecified atom stereocenters. The molecule has 0 fully saturated rings. The van der Waals surface area contributed by atoms with Crippen molar-refractivity contribution >= 4 is 5.91 Å². The number of furan rings is 1. The number of carbonyl (C=O) groups excluding carboxylic acids is 1. The SMILES string of the molecule is Cc1ccc(Cn2c3c(c(C)c2C(=O)NCc2ccco2)CCCC3)cc1. The van der Waals surface area contributed by atoms with Gasteiger partial charge in [-0.3, -0.25) is 4.79 Å². The van der Waals surface area contributed by atoms with Crippen molar-refractivity contribution in [3.63, 3.8) is 0 Å². The zero-order valence-electron chi connectivity index (χ0n) is 16.0. The van der Waals surface area contributed by atoms with Gasteiger partial charge in [0.15, 0.2) is 0 Å². The lowest BCUT2D eigenvalue weighted by atomic mass is 9.95. The van der Waals surface area contributed by atoms with Crippen LogP contribution in [0, 0.1) is 13.8 Å². The van der Waals surface area contributed by atoms with Crippen LogP contribution in [0.1, 0.15) is 57.0 Å². The molecule has 2 aromatic heterocycles. The smallest absolute Gasteiger partial charge is 0.268 e. The second kappa shape index (κ2) is 7.47. The van der Waals surface area contributed by atoms with Gasteiger partial charge in [-0.25, -0.2) is 0 Å². The molecule has 0 bridgehead atoms. The molecule has 1 aromatic carbocycles. The van der Waals surface area contributed by atoms with Crippen LogP contribution < -0.4 is 5.32 Å². The Labute approximate surface area is 160 Å². The Morgan fingerprint density at radius 2 is 1.89 bits per heavy atom. The molecule has 0 radical (unpaired) electrons. The summed E-state index contributed by atoms with van der Waals surface area (Å²) in [6.07, 6.45) is 6.15. The fraction of sp³-hybridized carbons (Fsp3) is 0.348. The molecule has 27 heavy (non-hydrogen) atoms. The topological polar surface area (TPSA) is 47.2 Å². The second-order valence-corrected chi connectivity index (χ2v) is 7.44. The maximum Gasteiger partial charge on any atom is 0.268 e. The molecule has 2 heterocycles. The average Bonchev–Trinajstić information content (AvgIpc) is 3.29. The molecule has 0 saturated heterocycles. The van der Waals surface area contributed by atoms with E-state index in [-0.39, 0.29) is 5.91 Å². The molecule has 140 valence electrons. The first kappa shape index (κ1) is 17.7.